The minimum Gasteiger partial charge on any atom is -0.497 e. The summed E-state index contributed by atoms with van der Waals surface area (Å²) in [6, 6.07) is 17.4. The molecule has 0 aliphatic heterocycles. The van der Waals surface area contributed by atoms with Crippen LogP contribution in [0.2, 0.25) is 0 Å². The van der Waals surface area contributed by atoms with E-state index >= 15 is 0 Å². The van der Waals surface area contributed by atoms with Crippen LogP contribution in [-0.2, 0) is 26.2 Å². The zero-order valence-electron chi connectivity index (χ0n) is 24.0. The molecule has 0 heterocycles. The lowest BCUT2D eigenvalue weighted by Crippen LogP contribution is -2.52. The number of halogens is 1. The monoisotopic (exact) mass is 645 g/mol. The second-order valence-electron chi connectivity index (χ2n) is 9.86. The lowest BCUT2D eigenvalue weighted by atomic mass is 10.1. The number of carbonyl (C=O) groups is 2. The first kappa shape index (κ1) is 32.0. The van der Waals surface area contributed by atoms with Gasteiger partial charge in [0, 0.05) is 12.6 Å². The van der Waals surface area contributed by atoms with Crippen molar-refractivity contribution in [2.24, 2.45) is 0 Å². The fourth-order valence-electron chi connectivity index (χ4n) is 4.13. The molecule has 11 heteroatoms. The molecule has 0 saturated heterocycles. The van der Waals surface area contributed by atoms with E-state index in [9.17, 15) is 18.0 Å². The zero-order valence-corrected chi connectivity index (χ0v) is 26.5. The molecule has 9 nitrogen and oxygen atoms in total. The van der Waals surface area contributed by atoms with Gasteiger partial charge in [-0.25, -0.2) is 8.42 Å². The number of nitrogens with zero attached hydrogens (tertiary/aromatic N) is 2. The van der Waals surface area contributed by atoms with Gasteiger partial charge in [-0.2, -0.15) is 0 Å². The smallest absolute Gasteiger partial charge is 0.264 e. The molecule has 1 unspecified atom stereocenters. The number of aryl methyl sites for hydroxylation is 1. The molecule has 3 rings (SSSR count). The van der Waals surface area contributed by atoms with Gasteiger partial charge < -0.3 is 19.7 Å². The number of hydrogen-bond acceptors (Lipinski definition) is 6. The molecule has 0 saturated carbocycles. The van der Waals surface area contributed by atoms with Crippen LogP contribution in [0.5, 0.6) is 11.5 Å². The lowest BCUT2D eigenvalue weighted by Gasteiger charge is -2.32. The van der Waals surface area contributed by atoms with Gasteiger partial charge in [-0.05, 0) is 91.7 Å². The van der Waals surface area contributed by atoms with Crippen molar-refractivity contribution in [2.75, 3.05) is 25.1 Å². The Kier molecular flexibility index (Phi) is 10.8. The van der Waals surface area contributed by atoms with Crippen molar-refractivity contribution < 1.29 is 27.5 Å². The van der Waals surface area contributed by atoms with E-state index in [0.29, 0.717) is 21.7 Å². The Bertz CT molecular complexity index is 1480. The van der Waals surface area contributed by atoms with Gasteiger partial charge in [0.15, 0.2) is 0 Å². The van der Waals surface area contributed by atoms with E-state index in [1.807, 2.05) is 26.8 Å². The topological polar surface area (TPSA) is 105 Å². The summed E-state index contributed by atoms with van der Waals surface area (Å²) in [5.41, 5.74) is 1.98. The summed E-state index contributed by atoms with van der Waals surface area (Å²) in [7, 11) is -1.18. The molecule has 1 atom stereocenters. The predicted molar refractivity (Wildman–Crippen MR) is 163 cm³/mol. The quantitative estimate of drug-likeness (QED) is 0.300. The van der Waals surface area contributed by atoms with Crippen LogP contribution >= 0.6 is 15.9 Å². The van der Waals surface area contributed by atoms with Crippen molar-refractivity contribution in [3.05, 3.63) is 82.3 Å². The van der Waals surface area contributed by atoms with E-state index in [0.717, 1.165) is 15.4 Å². The van der Waals surface area contributed by atoms with Crippen molar-refractivity contribution in [3.8, 4) is 11.5 Å². The number of anilines is 1. The summed E-state index contributed by atoms with van der Waals surface area (Å²) >= 11 is 3.35. The van der Waals surface area contributed by atoms with Gasteiger partial charge in [0.1, 0.15) is 24.1 Å². The molecular weight excluding hydrogens is 610 g/mol. The Morgan fingerprint density at radius 1 is 0.951 bits per heavy atom. The van der Waals surface area contributed by atoms with E-state index in [1.54, 1.807) is 62.6 Å². The minimum absolute atomic E-state index is 0.0245. The third-order valence-corrected chi connectivity index (χ3v) is 8.79. The highest BCUT2D eigenvalue weighted by atomic mass is 79.9. The highest BCUT2D eigenvalue weighted by molar-refractivity contribution is 9.10. The van der Waals surface area contributed by atoms with Crippen molar-refractivity contribution >= 4 is 43.5 Å². The maximum Gasteiger partial charge on any atom is 0.264 e. The van der Waals surface area contributed by atoms with E-state index in [-0.39, 0.29) is 23.4 Å². The SMILES string of the molecule is COc1cccc(CN(C(=O)CN(c2ccc(C)cc2)S(=O)(=O)c2ccc(OC)c(Br)c2)C(C)C(=O)NC(C)C)c1. The lowest BCUT2D eigenvalue weighted by molar-refractivity contribution is -0.139. The largest absolute Gasteiger partial charge is 0.497 e. The molecule has 0 radical (unpaired) electrons. The van der Waals surface area contributed by atoms with Crippen LogP contribution in [0, 0.1) is 6.92 Å². The Balaban J connectivity index is 2.06. The number of nitrogens with one attached hydrogen (secondary N) is 1. The number of carbonyl (C=O) groups excluding carboxylic acids is 2. The van der Waals surface area contributed by atoms with Crippen LogP contribution in [0.4, 0.5) is 5.69 Å². The van der Waals surface area contributed by atoms with Crippen molar-refractivity contribution in [2.45, 2.75) is 51.2 Å². The Morgan fingerprint density at radius 3 is 2.22 bits per heavy atom. The summed E-state index contributed by atoms with van der Waals surface area (Å²) in [5, 5.41) is 2.84. The highest BCUT2D eigenvalue weighted by Gasteiger charge is 2.33. The van der Waals surface area contributed by atoms with Crippen molar-refractivity contribution in [1.29, 1.82) is 0 Å². The van der Waals surface area contributed by atoms with Gasteiger partial charge >= 0.3 is 0 Å². The first-order valence-electron chi connectivity index (χ1n) is 13.0. The van der Waals surface area contributed by atoms with Crippen LogP contribution in [0.1, 0.15) is 31.9 Å². The van der Waals surface area contributed by atoms with E-state index in [2.05, 4.69) is 21.2 Å². The maximum atomic E-state index is 14.0. The standard InChI is InChI=1S/C30H36BrN3O6S/c1-20(2)32-30(36)22(4)33(18-23-8-7-9-25(16-23)39-5)29(35)19-34(24-12-10-21(3)11-13-24)41(37,38)26-14-15-28(40-6)27(31)17-26/h7-17,20,22H,18-19H2,1-6H3,(H,32,36). The fraction of sp³-hybridized carbons (Fsp3) is 0.333. The Labute approximate surface area is 250 Å². The first-order chi connectivity index (χ1) is 19.4. The van der Waals surface area contributed by atoms with Crippen LogP contribution in [0.15, 0.2) is 76.1 Å². The van der Waals surface area contributed by atoms with Gasteiger partial charge in [-0.1, -0.05) is 29.8 Å². The fourth-order valence-corrected chi connectivity index (χ4v) is 6.26. The molecule has 220 valence electrons. The molecule has 0 aliphatic carbocycles. The number of amides is 2. The van der Waals surface area contributed by atoms with Gasteiger partial charge in [-0.3, -0.25) is 13.9 Å². The number of sulfonamides is 1. The molecule has 2 amide bonds. The average molecular weight is 647 g/mol. The van der Waals surface area contributed by atoms with Crippen LogP contribution < -0.4 is 19.1 Å². The zero-order chi connectivity index (χ0) is 30.3. The predicted octanol–water partition coefficient (Wildman–Crippen LogP) is 4.91. The first-order valence-corrected chi connectivity index (χ1v) is 15.3. The number of benzene rings is 3. The maximum absolute atomic E-state index is 14.0. The molecule has 0 aromatic heterocycles. The molecule has 0 bridgehead atoms. The molecule has 1 N–H and O–H groups in total. The summed E-state index contributed by atoms with van der Waals surface area (Å²) < 4.78 is 40.1. The van der Waals surface area contributed by atoms with Gasteiger partial charge in [0.25, 0.3) is 10.0 Å². The number of methoxy groups -OCH3 is 2. The second kappa shape index (κ2) is 13.9. The van der Waals surface area contributed by atoms with Gasteiger partial charge in [0.2, 0.25) is 11.8 Å². The Morgan fingerprint density at radius 2 is 1.63 bits per heavy atom. The molecule has 0 aliphatic rings. The summed E-state index contributed by atoms with van der Waals surface area (Å²) in [4.78, 5) is 28.4. The highest BCUT2D eigenvalue weighted by Crippen LogP contribution is 2.31. The average Bonchev–Trinajstić information content (AvgIpc) is 2.94. The van der Waals surface area contributed by atoms with Crippen molar-refractivity contribution in [3.63, 3.8) is 0 Å². The molecule has 0 spiro atoms. The molecule has 3 aromatic carbocycles. The van der Waals surface area contributed by atoms with E-state index < -0.39 is 28.5 Å². The van der Waals surface area contributed by atoms with Gasteiger partial charge in [0.05, 0.1) is 29.3 Å². The third kappa shape index (κ3) is 8.01. The number of hydrogen-bond donors (Lipinski definition) is 1. The van der Waals surface area contributed by atoms with Crippen molar-refractivity contribution in [1.82, 2.24) is 10.2 Å². The summed E-state index contributed by atoms with van der Waals surface area (Å²) in [6.07, 6.45) is 0. The van der Waals surface area contributed by atoms with Crippen LogP contribution in [0.3, 0.4) is 0 Å². The normalized spacial score (nSPS) is 12.0. The number of ether oxygens (including phenoxy) is 2. The minimum atomic E-state index is -4.21. The summed E-state index contributed by atoms with van der Waals surface area (Å²) in [5.74, 6) is 0.176. The van der Waals surface area contributed by atoms with E-state index in [4.69, 9.17) is 9.47 Å². The van der Waals surface area contributed by atoms with Crippen LogP contribution in [-0.4, -0.2) is 58.0 Å². The molecule has 0 fully saturated rings. The molecular formula is C30H36BrN3O6S. The van der Waals surface area contributed by atoms with Gasteiger partial charge in [-0.15, -0.1) is 0 Å². The second-order valence-corrected chi connectivity index (χ2v) is 12.6. The molecule has 3 aromatic rings. The molecule has 41 heavy (non-hydrogen) atoms. The third-order valence-electron chi connectivity index (χ3n) is 6.40. The Hall–Kier alpha value is -3.57. The summed E-state index contributed by atoms with van der Waals surface area (Å²) in [6.45, 7) is 6.71. The van der Waals surface area contributed by atoms with E-state index in [1.165, 1.54) is 24.1 Å². The van der Waals surface area contributed by atoms with Crippen LogP contribution in [0.25, 0.3) is 0 Å². The number of rotatable bonds is 12.